The monoisotopic (exact) mass is 455 g/mol. The molecule has 1 unspecified atom stereocenters. The van der Waals surface area contributed by atoms with Crippen LogP contribution in [0.4, 0.5) is 0 Å². The standard InChI is InChI=1S/C25H37N5O3/c1-18(11-19-7-5-4-6-8-19)23(32)29-10-9-25(33,24(2,3)15-29)16-30-17-26-21(12-22(30)31)20-13-27-28-14-20/h12-14,17-19,33H,4-11,15-16H2,1-3H3,(H,27,28)/t18-,25?/m1/s1. The van der Waals surface area contributed by atoms with Gasteiger partial charge in [0, 0.05) is 42.2 Å². The number of nitrogens with one attached hydrogen (secondary N) is 1. The first-order valence-corrected chi connectivity index (χ1v) is 12.3. The van der Waals surface area contributed by atoms with Gasteiger partial charge in [-0.15, -0.1) is 0 Å². The first kappa shape index (κ1) is 23.7. The number of carbonyl (C=O) groups excluding carboxylic acids is 1. The Morgan fingerprint density at radius 2 is 2.06 bits per heavy atom. The minimum Gasteiger partial charge on any atom is -0.387 e. The van der Waals surface area contributed by atoms with Crippen molar-refractivity contribution in [2.75, 3.05) is 13.1 Å². The molecule has 1 saturated heterocycles. The molecule has 0 radical (unpaired) electrons. The number of likely N-dealkylation sites (tertiary alicyclic amines) is 1. The van der Waals surface area contributed by atoms with Gasteiger partial charge in [-0.25, -0.2) is 4.98 Å². The molecule has 4 rings (SSSR count). The Morgan fingerprint density at radius 1 is 1.30 bits per heavy atom. The summed E-state index contributed by atoms with van der Waals surface area (Å²) < 4.78 is 1.47. The largest absolute Gasteiger partial charge is 0.387 e. The van der Waals surface area contributed by atoms with Gasteiger partial charge in [-0.2, -0.15) is 5.10 Å². The lowest BCUT2D eigenvalue weighted by Gasteiger charge is -2.50. The minimum atomic E-state index is -1.11. The maximum Gasteiger partial charge on any atom is 0.253 e. The molecule has 8 nitrogen and oxygen atoms in total. The lowest BCUT2D eigenvalue weighted by Crippen LogP contribution is -2.61. The highest BCUT2D eigenvalue weighted by molar-refractivity contribution is 5.78. The summed E-state index contributed by atoms with van der Waals surface area (Å²) in [6, 6.07) is 1.47. The average Bonchev–Trinajstić information content (AvgIpc) is 3.32. The molecule has 1 amide bonds. The van der Waals surface area contributed by atoms with E-state index in [2.05, 4.69) is 22.1 Å². The number of piperidine rings is 1. The predicted molar refractivity (Wildman–Crippen MR) is 126 cm³/mol. The van der Waals surface area contributed by atoms with Gasteiger partial charge in [0.2, 0.25) is 5.91 Å². The summed E-state index contributed by atoms with van der Waals surface area (Å²) in [7, 11) is 0. The van der Waals surface area contributed by atoms with Gasteiger partial charge in [0.05, 0.1) is 30.4 Å². The Morgan fingerprint density at radius 3 is 2.70 bits per heavy atom. The van der Waals surface area contributed by atoms with E-state index in [4.69, 9.17) is 0 Å². The van der Waals surface area contributed by atoms with E-state index in [-0.39, 0.29) is 23.9 Å². The molecule has 2 atom stereocenters. The van der Waals surface area contributed by atoms with Crippen molar-refractivity contribution in [1.29, 1.82) is 0 Å². The van der Waals surface area contributed by atoms with E-state index in [1.165, 1.54) is 49.1 Å². The van der Waals surface area contributed by atoms with Crippen molar-refractivity contribution in [3.8, 4) is 11.3 Å². The number of nitrogens with zero attached hydrogens (tertiary/aromatic N) is 4. The zero-order chi connectivity index (χ0) is 23.6. The summed E-state index contributed by atoms with van der Waals surface area (Å²) in [6.07, 6.45) is 12.6. The van der Waals surface area contributed by atoms with Crippen LogP contribution in [-0.4, -0.2) is 54.4 Å². The fourth-order valence-corrected chi connectivity index (χ4v) is 5.55. The molecule has 1 aliphatic heterocycles. The summed E-state index contributed by atoms with van der Waals surface area (Å²) in [5.41, 5.74) is -0.603. The molecule has 3 heterocycles. The topological polar surface area (TPSA) is 104 Å². The van der Waals surface area contributed by atoms with Crippen LogP contribution in [0, 0.1) is 17.3 Å². The molecule has 2 fully saturated rings. The molecule has 33 heavy (non-hydrogen) atoms. The smallest absolute Gasteiger partial charge is 0.253 e. The van der Waals surface area contributed by atoms with Crippen LogP contribution in [0.3, 0.4) is 0 Å². The van der Waals surface area contributed by atoms with Crippen LogP contribution in [0.15, 0.2) is 29.6 Å². The minimum absolute atomic E-state index is 0.0115. The zero-order valence-corrected chi connectivity index (χ0v) is 20.1. The fraction of sp³-hybridized carbons (Fsp3) is 0.680. The molecule has 0 aromatic carbocycles. The Kier molecular flexibility index (Phi) is 6.75. The Labute approximate surface area is 195 Å². The summed E-state index contributed by atoms with van der Waals surface area (Å²) in [5, 5.41) is 18.2. The van der Waals surface area contributed by atoms with Crippen molar-refractivity contribution in [2.45, 2.75) is 77.9 Å². The van der Waals surface area contributed by atoms with Crippen molar-refractivity contribution in [1.82, 2.24) is 24.6 Å². The molecule has 2 aliphatic rings. The van der Waals surface area contributed by atoms with Gasteiger partial charge in [0.15, 0.2) is 0 Å². The van der Waals surface area contributed by atoms with E-state index in [0.29, 0.717) is 31.1 Å². The lowest BCUT2D eigenvalue weighted by atomic mass is 9.69. The van der Waals surface area contributed by atoms with Crippen molar-refractivity contribution in [2.24, 2.45) is 17.3 Å². The first-order valence-electron chi connectivity index (χ1n) is 12.3. The normalized spacial score (nSPS) is 24.5. The van der Waals surface area contributed by atoms with Crippen LogP contribution in [0.2, 0.25) is 0 Å². The number of rotatable bonds is 6. The third-order valence-corrected chi connectivity index (χ3v) is 7.89. The van der Waals surface area contributed by atoms with E-state index in [0.717, 1.165) is 12.0 Å². The van der Waals surface area contributed by atoms with Crippen LogP contribution in [0.25, 0.3) is 11.3 Å². The van der Waals surface area contributed by atoms with Crippen LogP contribution in [0.5, 0.6) is 0 Å². The van der Waals surface area contributed by atoms with Gasteiger partial charge in [-0.3, -0.25) is 19.3 Å². The van der Waals surface area contributed by atoms with Gasteiger partial charge in [-0.1, -0.05) is 52.9 Å². The number of hydrogen-bond acceptors (Lipinski definition) is 5. The second-order valence-electron chi connectivity index (χ2n) is 10.8. The lowest BCUT2D eigenvalue weighted by molar-refractivity contribution is -0.157. The Hall–Kier alpha value is -2.48. The van der Waals surface area contributed by atoms with Crippen molar-refractivity contribution >= 4 is 5.91 Å². The Balaban J connectivity index is 1.41. The third-order valence-electron chi connectivity index (χ3n) is 7.89. The SMILES string of the molecule is C[C@H](CC1CCCCC1)C(=O)N1CCC(O)(Cn2cnc(-c3cn[nH]c3)cc2=O)C(C)(C)C1. The summed E-state index contributed by atoms with van der Waals surface area (Å²) in [6.45, 7) is 7.15. The van der Waals surface area contributed by atoms with E-state index >= 15 is 0 Å². The molecule has 8 heteroatoms. The number of H-pyrrole nitrogens is 1. The number of aliphatic hydroxyl groups is 1. The second-order valence-corrected chi connectivity index (χ2v) is 10.8. The van der Waals surface area contributed by atoms with E-state index in [1.807, 2.05) is 18.7 Å². The highest BCUT2D eigenvalue weighted by Gasteiger charge is 2.49. The first-order chi connectivity index (χ1) is 15.7. The maximum absolute atomic E-state index is 13.2. The highest BCUT2D eigenvalue weighted by Crippen LogP contribution is 2.40. The van der Waals surface area contributed by atoms with Gasteiger partial charge < -0.3 is 10.0 Å². The van der Waals surface area contributed by atoms with E-state index in [9.17, 15) is 14.7 Å². The Bertz CT molecular complexity index is 1010. The number of aromatic nitrogens is 4. The molecule has 2 aromatic heterocycles. The molecular formula is C25H37N5O3. The third kappa shape index (κ3) is 5.05. The summed E-state index contributed by atoms with van der Waals surface area (Å²) in [4.78, 5) is 32.2. The van der Waals surface area contributed by atoms with Gasteiger partial charge in [0.1, 0.15) is 0 Å². The zero-order valence-electron chi connectivity index (χ0n) is 20.1. The molecule has 2 aromatic rings. The average molecular weight is 456 g/mol. The van der Waals surface area contributed by atoms with Crippen LogP contribution < -0.4 is 5.56 Å². The molecule has 180 valence electrons. The van der Waals surface area contributed by atoms with Crippen molar-refractivity contribution < 1.29 is 9.90 Å². The van der Waals surface area contributed by atoms with Gasteiger partial charge in [-0.05, 0) is 18.8 Å². The highest BCUT2D eigenvalue weighted by atomic mass is 16.3. The number of amides is 1. The molecule has 0 bridgehead atoms. The van der Waals surface area contributed by atoms with Crippen LogP contribution in [0.1, 0.15) is 65.7 Å². The van der Waals surface area contributed by atoms with Gasteiger partial charge in [0.25, 0.3) is 5.56 Å². The number of carbonyl (C=O) groups is 1. The van der Waals surface area contributed by atoms with Crippen molar-refractivity contribution in [3.05, 3.63) is 35.1 Å². The summed E-state index contributed by atoms with van der Waals surface area (Å²) in [5.74, 6) is 0.869. The predicted octanol–water partition coefficient (Wildman–Crippen LogP) is 3.23. The second kappa shape index (κ2) is 9.41. The molecule has 0 spiro atoms. The maximum atomic E-state index is 13.2. The molecule has 1 aliphatic carbocycles. The van der Waals surface area contributed by atoms with E-state index < -0.39 is 11.0 Å². The fourth-order valence-electron chi connectivity index (χ4n) is 5.55. The quantitative estimate of drug-likeness (QED) is 0.696. The molecule has 2 N–H and O–H groups in total. The summed E-state index contributed by atoms with van der Waals surface area (Å²) >= 11 is 0. The number of hydrogen-bond donors (Lipinski definition) is 2. The van der Waals surface area contributed by atoms with Gasteiger partial charge >= 0.3 is 0 Å². The number of aromatic amines is 1. The van der Waals surface area contributed by atoms with Crippen LogP contribution in [-0.2, 0) is 11.3 Å². The van der Waals surface area contributed by atoms with Crippen molar-refractivity contribution in [3.63, 3.8) is 0 Å². The molecule has 1 saturated carbocycles. The molecular weight excluding hydrogens is 418 g/mol. The van der Waals surface area contributed by atoms with Crippen LogP contribution >= 0.6 is 0 Å². The van der Waals surface area contributed by atoms with E-state index in [1.54, 1.807) is 12.4 Å².